The second-order valence-electron chi connectivity index (χ2n) is 3.52. The summed E-state index contributed by atoms with van der Waals surface area (Å²) in [4.78, 5) is 15.3. The number of hydrogen-bond donors (Lipinski definition) is 1. The molecule has 1 aromatic carbocycles. The van der Waals surface area contributed by atoms with Crippen LogP contribution in [-0.2, 0) is 9.53 Å². The van der Waals surface area contributed by atoms with E-state index in [4.69, 9.17) is 4.74 Å². The second kappa shape index (κ2) is 5.63. The summed E-state index contributed by atoms with van der Waals surface area (Å²) < 4.78 is 6.00. The Morgan fingerprint density at radius 1 is 1.53 bits per heavy atom. The van der Waals surface area contributed by atoms with Crippen LogP contribution in [-0.4, -0.2) is 24.1 Å². The van der Waals surface area contributed by atoms with Crippen LogP contribution in [0, 0.1) is 0 Å². The molecule has 0 fully saturated rings. The van der Waals surface area contributed by atoms with Crippen molar-refractivity contribution in [3.8, 4) is 0 Å². The van der Waals surface area contributed by atoms with Crippen molar-refractivity contribution in [3.63, 3.8) is 0 Å². The Morgan fingerprint density at radius 3 is 3.24 bits per heavy atom. The molecule has 1 N–H and O–H groups in total. The first-order valence-corrected chi connectivity index (χ1v) is 6.40. The van der Waals surface area contributed by atoms with Gasteiger partial charge in [-0.1, -0.05) is 0 Å². The maximum Gasteiger partial charge on any atom is 0.307 e. The Balaban J connectivity index is 1.88. The van der Waals surface area contributed by atoms with E-state index in [1.807, 2.05) is 30.6 Å². The molecule has 0 saturated heterocycles. The van der Waals surface area contributed by atoms with E-state index in [1.165, 1.54) is 0 Å². The number of carbonyl (C=O) groups is 1. The zero-order valence-corrected chi connectivity index (χ0v) is 10.4. The number of aromatic nitrogens is 1. The number of nitrogens with zero attached hydrogens (tertiary/aromatic N) is 1. The molecular weight excluding hydrogens is 236 g/mol. The molecule has 2 aromatic rings. The summed E-state index contributed by atoms with van der Waals surface area (Å²) >= 11 is 1.61. The van der Waals surface area contributed by atoms with Gasteiger partial charge in [-0.2, -0.15) is 0 Å². The first kappa shape index (κ1) is 11.9. The summed E-state index contributed by atoms with van der Waals surface area (Å²) in [5.74, 6) is -0.168. The molecule has 1 aromatic heterocycles. The quantitative estimate of drug-likeness (QED) is 0.829. The molecule has 4 nitrogen and oxygen atoms in total. The minimum atomic E-state index is -0.168. The van der Waals surface area contributed by atoms with E-state index in [9.17, 15) is 4.79 Å². The van der Waals surface area contributed by atoms with Crippen molar-refractivity contribution in [2.75, 3.05) is 18.5 Å². The maximum absolute atomic E-state index is 11.1. The van der Waals surface area contributed by atoms with Crippen LogP contribution in [0.2, 0.25) is 0 Å². The Bertz CT molecular complexity index is 510. The summed E-state index contributed by atoms with van der Waals surface area (Å²) in [6.07, 6.45) is 0.383. The minimum Gasteiger partial charge on any atom is -0.466 e. The van der Waals surface area contributed by atoms with Crippen LogP contribution in [0.5, 0.6) is 0 Å². The lowest BCUT2D eigenvalue weighted by Crippen LogP contribution is -2.11. The van der Waals surface area contributed by atoms with Gasteiger partial charge in [-0.25, -0.2) is 4.98 Å². The van der Waals surface area contributed by atoms with Gasteiger partial charge in [0.2, 0.25) is 0 Å². The summed E-state index contributed by atoms with van der Waals surface area (Å²) in [6.45, 7) is 2.83. The Hall–Kier alpha value is -1.62. The molecule has 0 atom stereocenters. The summed E-state index contributed by atoms with van der Waals surface area (Å²) in [6, 6.07) is 5.98. The fourth-order valence-electron chi connectivity index (χ4n) is 1.51. The van der Waals surface area contributed by atoms with Crippen molar-refractivity contribution in [1.29, 1.82) is 0 Å². The Morgan fingerprint density at radius 2 is 2.41 bits per heavy atom. The third-order valence-electron chi connectivity index (χ3n) is 2.29. The summed E-state index contributed by atoms with van der Waals surface area (Å²) in [5.41, 5.74) is 3.84. The van der Waals surface area contributed by atoms with Gasteiger partial charge < -0.3 is 10.1 Å². The monoisotopic (exact) mass is 250 g/mol. The maximum atomic E-state index is 11.1. The van der Waals surface area contributed by atoms with Gasteiger partial charge in [-0.05, 0) is 25.1 Å². The molecule has 1 heterocycles. The molecule has 0 amide bonds. The highest BCUT2D eigenvalue weighted by atomic mass is 32.1. The van der Waals surface area contributed by atoms with E-state index in [0.717, 1.165) is 15.9 Å². The number of ether oxygens (including phenoxy) is 1. The fraction of sp³-hybridized carbons (Fsp3) is 0.333. The first-order valence-electron chi connectivity index (χ1n) is 5.52. The molecule has 0 aliphatic rings. The number of hydrogen-bond acceptors (Lipinski definition) is 5. The highest BCUT2D eigenvalue weighted by Crippen LogP contribution is 2.21. The summed E-state index contributed by atoms with van der Waals surface area (Å²) in [5, 5.41) is 3.19. The number of carbonyl (C=O) groups excluding carboxylic acids is 1. The van der Waals surface area contributed by atoms with E-state index >= 15 is 0 Å². The SMILES string of the molecule is CCOC(=O)CCNc1ccc2ncsc2c1. The zero-order chi connectivity index (χ0) is 12.1. The van der Waals surface area contributed by atoms with Crippen molar-refractivity contribution in [3.05, 3.63) is 23.7 Å². The van der Waals surface area contributed by atoms with Gasteiger partial charge in [0.15, 0.2) is 0 Å². The topological polar surface area (TPSA) is 51.2 Å². The fourth-order valence-corrected chi connectivity index (χ4v) is 2.22. The molecule has 5 heteroatoms. The highest BCUT2D eigenvalue weighted by Gasteiger charge is 2.02. The number of thiazole rings is 1. The van der Waals surface area contributed by atoms with E-state index in [0.29, 0.717) is 19.6 Å². The van der Waals surface area contributed by atoms with Crippen molar-refractivity contribution < 1.29 is 9.53 Å². The summed E-state index contributed by atoms with van der Waals surface area (Å²) in [7, 11) is 0. The van der Waals surface area contributed by atoms with Crippen molar-refractivity contribution in [2.24, 2.45) is 0 Å². The Kier molecular flexibility index (Phi) is 3.93. The van der Waals surface area contributed by atoms with Gasteiger partial charge in [-0.3, -0.25) is 4.79 Å². The van der Waals surface area contributed by atoms with E-state index in [2.05, 4.69) is 10.3 Å². The van der Waals surface area contributed by atoms with Crippen molar-refractivity contribution >= 4 is 33.2 Å². The van der Waals surface area contributed by atoms with Crippen LogP contribution >= 0.6 is 11.3 Å². The Labute approximate surface area is 104 Å². The largest absolute Gasteiger partial charge is 0.466 e. The molecule has 0 saturated carbocycles. The molecule has 0 spiro atoms. The van der Waals surface area contributed by atoms with Gasteiger partial charge in [-0.15, -0.1) is 11.3 Å². The molecule has 2 rings (SSSR count). The van der Waals surface area contributed by atoms with Gasteiger partial charge in [0.05, 0.1) is 28.8 Å². The van der Waals surface area contributed by atoms with E-state index in [-0.39, 0.29) is 5.97 Å². The van der Waals surface area contributed by atoms with Crippen LogP contribution in [0.4, 0.5) is 5.69 Å². The third kappa shape index (κ3) is 3.17. The molecule has 17 heavy (non-hydrogen) atoms. The lowest BCUT2D eigenvalue weighted by atomic mass is 10.3. The molecular formula is C12H14N2O2S. The predicted molar refractivity (Wildman–Crippen MR) is 69.4 cm³/mol. The lowest BCUT2D eigenvalue weighted by molar-refractivity contribution is -0.142. The van der Waals surface area contributed by atoms with Gasteiger partial charge in [0.1, 0.15) is 0 Å². The van der Waals surface area contributed by atoms with Gasteiger partial charge in [0, 0.05) is 12.2 Å². The zero-order valence-electron chi connectivity index (χ0n) is 9.60. The minimum absolute atomic E-state index is 0.168. The van der Waals surface area contributed by atoms with E-state index in [1.54, 1.807) is 11.3 Å². The molecule has 0 aliphatic carbocycles. The van der Waals surface area contributed by atoms with Crippen LogP contribution in [0.15, 0.2) is 23.7 Å². The third-order valence-corrected chi connectivity index (χ3v) is 3.09. The van der Waals surface area contributed by atoms with Gasteiger partial charge in [0.25, 0.3) is 0 Å². The highest BCUT2D eigenvalue weighted by molar-refractivity contribution is 7.16. The number of fused-ring (bicyclic) bond motifs is 1. The standard InChI is InChI=1S/C12H14N2O2S/c1-2-16-12(15)5-6-13-9-3-4-10-11(7-9)17-8-14-10/h3-4,7-8,13H,2,5-6H2,1H3. The van der Waals surface area contributed by atoms with Crippen LogP contribution in [0.25, 0.3) is 10.2 Å². The molecule has 0 bridgehead atoms. The average Bonchev–Trinajstić information content (AvgIpc) is 2.76. The smallest absolute Gasteiger partial charge is 0.307 e. The molecule has 0 unspecified atom stereocenters. The average molecular weight is 250 g/mol. The first-order chi connectivity index (χ1) is 8.29. The second-order valence-corrected chi connectivity index (χ2v) is 4.40. The van der Waals surface area contributed by atoms with Gasteiger partial charge >= 0.3 is 5.97 Å². The number of nitrogens with one attached hydrogen (secondary N) is 1. The van der Waals surface area contributed by atoms with E-state index < -0.39 is 0 Å². The van der Waals surface area contributed by atoms with Crippen molar-refractivity contribution in [2.45, 2.75) is 13.3 Å². The molecule has 0 radical (unpaired) electrons. The van der Waals surface area contributed by atoms with Crippen LogP contribution < -0.4 is 5.32 Å². The van der Waals surface area contributed by atoms with Crippen LogP contribution in [0.1, 0.15) is 13.3 Å². The molecule has 90 valence electrons. The van der Waals surface area contributed by atoms with Crippen molar-refractivity contribution in [1.82, 2.24) is 4.98 Å². The lowest BCUT2D eigenvalue weighted by Gasteiger charge is -2.05. The number of esters is 1. The number of anilines is 1. The number of benzene rings is 1. The van der Waals surface area contributed by atoms with Crippen LogP contribution in [0.3, 0.4) is 0 Å². The normalized spacial score (nSPS) is 10.4. The molecule has 0 aliphatic heterocycles. The number of rotatable bonds is 5. The predicted octanol–water partition coefficient (Wildman–Crippen LogP) is 2.66.